The molecule has 0 radical (unpaired) electrons. The van der Waals surface area contributed by atoms with Crippen molar-refractivity contribution in [3.05, 3.63) is 58.0 Å². The first-order valence-electron chi connectivity index (χ1n) is 10.7. The van der Waals surface area contributed by atoms with Crippen LogP contribution in [0.25, 0.3) is 10.9 Å². The van der Waals surface area contributed by atoms with Crippen LogP contribution in [0.5, 0.6) is 0 Å². The lowest BCUT2D eigenvalue weighted by Crippen LogP contribution is -2.43. The van der Waals surface area contributed by atoms with Gasteiger partial charge in [-0.3, -0.25) is 9.88 Å². The van der Waals surface area contributed by atoms with Crippen LogP contribution in [0.3, 0.4) is 0 Å². The molecule has 1 aliphatic heterocycles. The predicted octanol–water partition coefficient (Wildman–Crippen LogP) is 6.58. The van der Waals surface area contributed by atoms with Crippen LogP contribution < -0.4 is 10.6 Å². The van der Waals surface area contributed by atoms with Gasteiger partial charge in [0.05, 0.1) is 26.8 Å². The number of aromatic nitrogens is 1. The monoisotopic (exact) mass is 471 g/mol. The van der Waals surface area contributed by atoms with Crippen molar-refractivity contribution in [2.24, 2.45) is 0 Å². The van der Waals surface area contributed by atoms with Crippen molar-refractivity contribution in [3.63, 3.8) is 0 Å². The average molecular weight is 472 g/mol. The molecule has 4 rings (SSSR count). The average Bonchev–Trinajstić information content (AvgIpc) is 2.80. The molecule has 1 aromatic heterocycles. The zero-order chi connectivity index (χ0) is 22.7. The normalized spacial score (nSPS) is 16.7. The van der Waals surface area contributed by atoms with Crippen molar-refractivity contribution in [2.75, 3.05) is 30.3 Å². The highest BCUT2D eigenvalue weighted by Crippen LogP contribution is 2.35. The zero-order valence-electron chi connectivity index (χ0n) is 17.8. The molecule has 32 heavy (non-hydrogen) atoms. The minimum absolute atomic E-state index is 0.000202. The minimum Gasteiger partial charge on any atom is -0.383 e. The molecule has 0 bridgehead atoms. The third-order valence-corrected chi connectivity index (χ3v) is 6.51. The molecule has 0 saturated carbocycles. The van der Waals surface area contributed by atoms with Crippen molar-refractivity contribution < 1.29 is 4.39 Å². The van der Waals surface area contributed by atoms with Gasteiger partial charge in [0.15, 0.2) is 0 Å². The third-order valence-electron chi connectivity index (χ3n) is 5.93. The van der Waals surface area contributed by atoms with E-state index < -0.39 is 5.82 Å². The topological polar surface area (TPSA) is 64.0 Å². The summed E-state index contributed by atoms with van der Waals surface area (Å²) in [6.45, 7) is 5.18. The number of hydrogen-bond acceptors (Lipinski definition) is 5. The number of likely N-dealkylation sites (tertiary alicyclic amines) is 1. The summed E-state index contributed by atoms with van der Waals surface area (Å²) in [7, 11) is 0. The number of rotatable bonds is 6. The maximum atomic E-state index is 13.6. The first-order chi connectivity index (χ1) is 15.5. The van der Waals surface area contributed by atoms with Gasteiger partial charge in [-0.15, -0.1) is 0 Å². The number of nitrogens with zero attached hydrogens (tertiary/aromatic N) is 3. The van der Waals surface area contributed by atoms with Gasteiger partial charge in [0, 0.05) is 35.5 Å². The summed E-state index contributed by atoms with van der Waals surface area (Å²) < 4.78 is 13.6. The molecule has 5 nitrogen and oxygen atoms in total. The van der Waals surface area contributed by atoms with Crippen molar-refractivity contribution in [2.45, 2.75) is 32.2 Å². The Morgan fingerprint density at radius 2 is 2.00 bits per heavy atom. The van der Waals surface area contributed by atoms with Crippen LogP contribution in [0.4, 0.5) is 21.5 Å². The predicted molar refractivity (Wildman–Crippen MR) is 130 cm³/mol. The first-order valence-corrected chi connectivity index (χ1v) is 11.5. The molecule has 1 aliphatic rings. The fourth-order valence-corrected chi connectivity index (χ4v) is 4.69. The third kappa shape index (κ3) is 4.75. The molecule has 0 amide bonds. The highest BCUT2D eigenvalue weighted by Gasteiger charge is 2.21. The molecule has 1 fully saturated rings. The van der Waals surface area contributed by atoms with Crippen LogP contribution in [0.2, 0.25) is 10.0 Å². The van der Waals surface area contributed by atoms with Crippen LogP contribution in [-0.2, 0) is 0 Å². The molecule has 3 aromatic rings. The lowest BCUT2D eigenvalue weighted by Gasteiger charge is -2.35. The Kier molecular flexibility index (Phi) is 7.00. The van der Waals surface area contributed by atoms with Crippen LogP contribution in [0.15, 0.2) is 36.5 Å². The second kappa shape index (κ2) is 9.91. The van der Waals surface area contributed by atoms with Gasteiger partial charge in [-0.1, -0.05) is 36.5 Å². The number of benzene rings is 2. The van der Waals surface area contributed by atoms with Crippen LogP contribution >= 0.6 is 23.2 Å². The Hall–Kier alpha value is -2.59. The van der Waals surface area contributed by atoms with Crippen LogP contribution in [0, 0.1) is 17.1 Å². The fourth-order valence-electron chi connectivity index (χ4n) is 4.24. The quantitative estimate of drug-likeness (QED) is 0.424. The van der Waals surface area contributed by atoms with Gasteiger partial charge < -0.3 is 10.6 Å². The summed E-state index contributed by atoms with van der Waals surface area (Å²) in [5.41, 5.74) is 2.92. The Bertz CT molecular complexity index is 1180. The molecule has 166 valence electrons. The zero-order valence-corrected chi connectivity index (χ0v) is 19.3. The van der Waals surface area contributed by atoms with E-state index in [1.807, 2.05) is 12.1 Å². The summed E-state index contributed by atoms with van der Waals surface area (Å²) >= 11 is 12.5. The number of anilines is 3. The Morgan fingerprint density at radius 3 is 2.75 bits per heavy atom. The maximum absolute atomic E-state index is 13.6. The van der Waals surface area contributed by atoms with Gasteiger partial charge in [0.1, 0.15) is 11.9 Å². The molecular formula is C24H24Cl2FN5. The molecule has 0 spiro atoms. The number of hydrogen-bond donors (Lipinski definition) is 2. The van der Waals surface area contributed by atoms with Gasteiger partial charge in [-0.2, -0.15) is 5.26 Å². The standard InChI is InChI=1S/C24H24Cl2FN5/c1-2-32-8-4-3-5-18(32)14-29-17-9-19-23(31-16-6-7-22(27)20(25)10-16)15(12-28)13-30-24(19)21(26)11-17/h6-7,9-11,13,18,29H,2-5,8,14H2,1H3,(H,30,31). The summed E-state index contributed by atoms with van der Waals surface area (Å²) in [6, 6.07) is 10.8. The molecule has 1 unspecified atom stereocenters. The first kappa shape index (κ1) is 22.6. The van der Waals surface area contributed by atoms with E-state index in [1.165, 1.54) is 37.6 Å². The molecule has 8 heteroatoms. The van der Waals surface area contributed by atoms with E-state index in [-0.39, 0.29) is 5.02 Å². The number of pyridine rings is 1. The second-order valence-electron chi connectivity index (χ2n) is 7.93. The summed E-state index contributed by atoms with van der Waals surface area (Å²) in [5.74, 6) is -0.504. The molecule has 0 aliphatic carbocycles. The summed E-state index contributed by atoms with van der Waals surface area (Å²) in [6.07, 6.45) is 5.14. The second-order valence-corrected chi connectivity index (χ2v) is 8.74. The van der Waals surface area contributed by atoms with Gasteiger partial charge in [-0.25, -0.2) is 4.39 Å². The molecule has 2 aromatic carbocycles. The van der Waals surface area contributed by atoms with Crippen molar-refractivity contribution in [1.82, 2.24) is 9.88 Å². The Morgan fingerprint density at radius 1 is 1.19 bits per heavy atom. The molecule has 1 atom stereocenters. The smallest absolute Gasteiger partial charge is 0.141 e. The lowest BCUT2D eigenvalue weighted by atomic mass is 10.0. The number of piperidine rings is 1. The number of likely N-dealkylation sites (N-methyl/N-ethyl adjacent to an activating group) is 1. The van der Waals surface area contributed by atoms with Crippen molar-refractivity contribution in [3.8, 4) is 6.07 Å². The van der Waals surface area contributed by atoms with Crippen molar-refractivity contribution >= 4 is 51.2 Å². The Labute approximate surface area is 197 Å². The maximum Gasteiger partial charge on any atom is 0.141 e. The van der Waals surface area contributed by atoms with Crippen LogP contribution in [-0.4, -0.2) is 35.6 Å². The van der Waals surface area contributed by atoms with E-state index in [9.17, 15) is 9.65 Å². The minimum atomic E-state index is -0.504. The lowest BCUT2D eigenvalue weighted by molar-refractivity contribution is 0.164. The van der Waals surface area contributed by atoms with E-state index in [0.29, 0.717) is 38.9 Å². The highest BCUT2D eigenvalue weighted by atomic mass is 35.5. The summed E-state index contributed by atoms with van der Waals surface area (Å²) in [5, 5.41) is 17.6. The van der Waals surface area contributed by atoms with E-state index in [0.717, 1.165) is 25.3 Å². The van der Waals surface area contributed by atoms with Crippen LogP contribution in [0.1, 0.15) is 31.7 Å². The SMILES string of the molecule is CCN1CCCCC1CNc1cc(Cl)c2ncc(C#N)c(Nc3ccc(F)c(Cl)c3)c2c1. The van der Waals surface area contributed by atoms with E-state index in [4.69, 9.17) is 23.2 Å². The van der Waals surface area contributed by atoms with Gasteiger partial charge in [0.25, 0.3) is 0 Å². The fraction of sp³-hybridized carbons (Fsp3) is 0.333. The molecule has 2 N–H and O–H groups in total. The Balaban J connectivity index is 1.68. The molecular weight excluding hydrogens is 448 g/mol. The number of halogens is 3. The number of nitrogens with one attached hydrogen (secondary N) is 2. The van der Waals surface area contributed by atoms with Gasteiger partial charge in [0.2, 0.25) is 0 Å². The highest BCUT2D eigenvalue weighted by molar-refractivity contribution is 6.36. The number of nitriles is 1. The van der Waals surface area contributed by atoms with Gasteiger partial charge >= 0.3 is 0 Å². The van der Waals surface area contributed by atoms with Crippen molar-refractivity contribution in [1.29, 1.82) is 5.26 Å². The number of fused-ring (bicyclic) bond motifs is 1. The van der Waals surface area contributed by atoms with E-state index in [2.05, 4.69) is 33.5 Å². The van der Waals surface area contributed by atoms with E-state index >= 15 is 0 Å². The largest absolute Gasteiger partial charge is 0.383 e. The van der Waals surface area contributed by atoms with E-state index in [1.54, 1.807) is 6.07 Å². The molecule has 1 saturated heterocycles. The summed E-state index contributed by atoms with van der Waals surface area (Å²) in [4.78, 5) is 6.89. The molecule has 2 heterocycles. The van der Waals surface area contributed by atoms with Gasteiger partial charge in [-0.05, 0) is 56.3 Å².